The van der Waals surface area contributed by atoms with Crippen molar-refractivity contribution >= 4 is 17.0 Å². The summed E-state index contributed by atoms with van der Waals surface area (Å²) < 4.78 is 0. The topological polar surface area (TPSA) is 54.7 Å². The molecule has 0 spiro atoms. The molecule has 2 heterocycles. The average Bonchev–Trinajstić information content (AvgIpc) is 2.59. The summed E-state index contributed by atoms with van der Waals surface area (Å²) in [6.45, 7) is 2.06. The fourth-order valence-corrected chi connectivity index (χ4v) is 1.97. The van der Waals surface area contributed by atoms with Crippen LogP contribution >= 0.6 is 11.3 Å². The fraction of sp³-hybridized carbons (Fsp3) is 0.125. The summed E-state index contributed by atoms with van der Waals surface area (Å²) >= 11 is 1.67. The number of nitrogens with zero attached hydrogens (tertiary/aromatic N) is 1. The lowest BCUT2D eigenvalue weighted by Gasteiger charge is -1.96. The monoisotopic (exact) mass is 179 g/mol. The van der Waals surface area contributed by atoms with Gasteiger partial charge in [0.2, 0.25) is 0 Å². The van der Waals surface area contributed by atoms with E-state index < -0.39 is 0 Å². The van der Waals surface area contributed by atoms with Gasteiger partial charge >= 0.3 is 0 Å². The highest BCUT2D eigenvalue weighted by Crippen LogP contribution is 2.28. The van der Waals surface area contributed by atoms with Gasteiger partial charge in [-0.2, -0.15) is 16.4 Å². The molecule has 0 aliphatic rings. The van der Waals surface area contributed by atoms with E-state index in [4.69, 9.17) is 5.73 Å². The Hall–Kier alpha value is -1.29. The Morgan fingerprint density at radius 2 is 2.33 bits per heavy atom. The number of hydrogen-bond donors (Lipinski definition) is 2. The number of H-pyrrole nitrogens is 1. The predicted molar refractivity (Wildman–Crippen MR) is 51.1 cm³/mol. The van der Waals surface area contributed by atoms with Crippen LogP contribution < -0.4 is 5.73 Å². The molecule has 2 aromatic rings. The van der Waals surface area contributed by atoms with Gasteiger partial charge < -0.3 is 5.73 Å². The van der Waals surface area contributed by atoms with Crippen LogP contribution in [0.2, 0.25) is 0 Å². The molecule has 0 radical (unpaired) electrons. The van der Waals surface area contributed by atoms with Crippen molar-refractivity contribution in [2.75, 3.05) is 5.73 Å². The Labute approximate surface area is 74.2 Å². The van der Waals surface area contributed by atoms with Crippen molar-refractivity contribution in [3.63, 3.8) is 0 Å². The summed E-state index contributed by atoms with van der Waals surface area (Å²) in [4.78, 5) is 0. The average molecular weight is 179 g/mol. The molecule has 0 saturated heterocycles. The van der Waals surface area contributed by atoms with E-state index in [9.17, 15) is 0 Å². The molecule has 12 heavy (non-hydrogen) atoms. The highest BCUT2D eigenvalue weighted by Gasteiger charge is 2.07. The summed E-state index contributed by atoms with van der Waals surface area (Å²) in [7, 11) is 0. The number of anilines is 1. The van der Waals surface area contributed by atoms with Crippen LogP contribution in [0.15, 0.2) is 17.0 Å². The SMILES string of the molecule is Cc1cscc1-c1[nH]ncc1N. The third-order valence-electron chi connectivity index (χ3n) is 1.79. The number of nitrogens with one attached hydrogen (secondary N) is 1. The summed E-state index contributed by atoms with van der Waals surface area (Å²) in [5, 5.41) is 10.9. The van der Waals surface area contributed by atoms with Crippen LogP contribution in [-0.2, 0) is 0 Å². The fourth-order valence-electron chi connectivity index (χ4n) is 1.13. The van der Waals surface area contributed by atoms with Gasteiger partial charge in [-0.3, -0.25) is 5.10 Å². The molecule has 62 valence electrons. The van der Waals surface area contributed by atoms with Crippen LogP contribution in [0, 0.1) is 6.92 Å². The summed E-state index contributed by atoms with van der Waals surface area (Å²) in [6, 6.07) is 0. The molecule has 0 aliphatic carbocycles. The first-order valence-corrected chi connectivity index (χ1v) is 4.55. The van der Waals surface area contributed by atoms with Crippen molar-refractivity contribution in [3.8, 4) is 11.3 Å². The van der Waals surface area contributed by atoms with Gasteiger partial charge in [0, 0.05) is 10.9 Å². The largest absolute Gasteiger partial charge is 0.396 e. The van der Waals surface area contributed by atoms with Crippen LogP contribution in [0.4, 0.5) is 5.69 Å². The van der Waals surface area contributed by atoms with Gasteiger partial charge in [0.1, 0.15) is 0 Å². The molecule has 2 rings (SSSR count). The molecule has 0 bridgehead atoms. The molecule has 0 saturated carbocycles. The van der Waals surface area contributed by atoms with Crippen LogP contribution in [0.1, 0.15) is 5.56 Å². The standard InChI is InChI=1S/C8H9N3S/c1-5-3-12-4-6(5)8-7(9)2-10-11-8/h2-4H,9H2,1H3,(H,10,11). The Morgan fingerprint density at radius 3 is 2.83 bits per heavy atom. The van der Waals surface area contributed by atoms with Crippen molar-refractivity contribution in [1.82, 2.24) is 10.2 Å². The zero-order valence-electron chi connectivity index (χ0n) is 6.66. The van der Waals surface area contributed by atoms with E-state index in [-0.39, 0.29) is 0 Å². The maximum absolute atomic E-state index is 5.71. The minimum Gasteiger partial charge on any atom is -0.396 e. The van der Waals surface area contributed by atoms with Crippen LogP contribution in [0.3, 0.4) is 0 Å². The van der Waals surface area contributed by atoms with Crippen molar-refractivity contribution in [3.05, 3.63) is 22.5 Å². The molecule has 0 aliphatic heterocycles. The zero-order valence-corrected chi connectivity index (χ0v) is 7.48. The number of aryl methyl sites for hydroxylation is 1. The van der Waals surface area contributed by atoms with Gasteiger partial charge in [-0.25, -0.2) is 0 Å². The smallest absolute Gasteiger partial charge is 0.0891 e. The Kier molecular flexibility index (Phi) is 1.62. The van der Waals surface area contributed by atoms with Crippen molar-refractivity contribution in [1.29, 1.82) is 0 Å². The van der Waals surface area contributed by atoms with Crippen molar-refractivity contribution < 1.29 is 0 Å². The zero-order chi connectivity index (χ0) is 8.55. The molecular formula is C8H9N3S. The molecule has 0 unspecified atom stereocenters. The Balaban J connectivity index is 2.57. The second kappa shape index (κ2) is 2.64. The maximum Gasteiger partial charge on any atom is 0.0891 e. The third kappa shape index (κ3) is 1.00. The first-order chi connectivity index (χ1) is 5.79. The lowest BCUT2D eigenvalue weighted by atomic mass is 10.1. The van der Waals surface area contributed by atoms with Crippen LogP contribution in [0.5, 0.6) is 0 Å². The minimum absolute atomic E-state index is 0.705. The predicted octanol–water partition coefficient (Wildman–Crippen LogP) is 2.03. The number of nitrogen functional groups attached to an aromatic ring is 1. The highest BCUT2D eigenvalue weighted by molar-refractivity contribution is 7.08. The Bertz CT molecular complexity index is 350. The molecule has 0 aromatic carbocycles. The number of rotatable bonds is 1. The van der Waals surface area contributed by atoms with Gasteiger partial charge in [0.25, 0.3) is 0 Å². The molecule has 0 fully saturated rings. The maximum atomic E-state index is 5.71. The summed E-state index contributed by atoms with van der Waals surface area (Å²) in [6.07, 6.45) is 1.63. The van der Waals surface area contributed by atoms with Crippen molar-refractivity contribution in [2.24, 2.45) is 0 Å². The van der Waals surface area contributed by atoms with E-state index in [1.54, 1.807) is 17.5 Å². The Morgan fingerprint density at radius 1 is 1.50 bits per heavy atom. The van der Waals surface area contributed by atoms with Gasteiger partial charge in [-0.05, 0) is 17.9 Å². The number of hydrogen-bond acceptors (Lipinski definition) is 3. The second-order valence-corrected chi connectivity index (χ2v) is 3.41. The second-order valence-electron chi connectivity index (χ2n) is 2.67. The van der Waals surface area contributed by atoms with Gasteiger partial charge in [-0.15, -0.1) is 0 Å². The van der Waals surface area contributed by atoms with E-state index in [0.29, 0.717) is 5.69 Å². The minimum atomic E-state index is 0.705. The molecule has 3 N–H and O–H groups in total. The van der Waals surface area contributed by atoms with E-state index in [1.807, 2.05) is 0 Å². The first kappa shape index (κ1) is 7.36. The van der Waals surface area contributed by atoms with Gasteiger partial charge in [-0.1, -0.05) is 0 Å². The summed E-state index contributed by atoms with van der Waals surface area (Å²) in [5.74, 6) is 0. The molecule has 2 aromatic heterocycles. The van der Waals surface area contributed by atoms with E-state index in [0.717, 1.165) is 11.3 Å². The highest BCUT2D eigenvalue weighted by atomic mass is 32.1. The quantitative estimate of drug-likeness (QED) is 0.703. The third-order valence-corrected chi connectivity index (χ3v) is 2.65. The number of nitrogens with two attached hydrogens (primary N) is 1. The molecule has 4 heteroatoms. The molecular weight excluding hydrogens is 170 g/mol. The van der Waals surface area contributed by atoms with Crippen molar-refractivity contribution in [2.45, 2.75) is 6.92 Å². The number of thiophene rings is 1. The molecule has 3 nitrogen and oxygen atoms in total. The van der Waals surface area contributed by atoms with E-state index >= 15 is 0 Å². The van der Waals surface area contributed by atoms with E-state index in [2.05, 4.69) is 27.9 Å². The summed E-state index contributed by atoms with van der Waals surface area (Å²) in [5.41, 5.74) is 9.72. The molecule has 0 atom stereocenters. The lowest BCUT2D eigenvalue weighted by molar-refractivity contribution is 1.09. The van der Waals surface area contributed by atoms with Gasteiger partial charge in [0.05, 0.1) is 17.6 Å². The van der Waals surface area contributed by atoms with Gasteiger partial charge in [0.15, 0.2) is 0 Å². The normalized spacial score (nSPS) is 10.4. The molecule has 0 amide bonds. The lowest BCUT2D eigenvalue weighted by Crippen LogP contribution is -1.86. The van der Waals surface area contributed by atoms with E-state index in [1.165, 1.54) is 5.56 Å². The number of aromatic nitrogens is 2. The first-order valence-electron chi connectivity index (χ1n) is 3.61. The van der Waals surface area contributed by atoms with Crippen LogP contribution in [0.25, 0.3) is 11.3 Å². The number of aromatic amines is 1. The van der Waals surface area contributed by atoms with Crippen LogP contribution in [-0.4, -0.2) is 10.2 Å².